The molecule has 0 spiro atoms. The van der Waals surface area contributed by atoms with Crippen LogP contribution in [0.3, 0.4) is 0 Å². The lowest BCUT2D eigenvalue weighted by atomic mass is 10.1. The monoisotopic (exact) mass is 371 g/mol. The molecule has 2 N–H and O–H groups in total. The summed E-state index contributed by atoms with van der Waals surface area (Å²) >= 11 is 0. The fraction of sp³-hybridized carbons (Fsp3) is 0.400. The number of furan rings is 1. The van der Waals surface area contributed by atoms with Gasteiger partial charge in [-0.2, -0.15) is 0 Å². The molecule has 1 aliphatic rings. The van der Waals surface area contributed by atoms with E-state index in [9.17, 15) is 9.59 Å². The number of rotatable bonds is 8. The van der Waals surface area contributed by atoms with Crippen LogP contribution in [-0.4, -0.2) is 42.5 Å². The molecule has 2 aromatic rings. The molecule has 3 rings (SSSR count). The summed E-state index contributed by atoms with van der Waals surface area (Å²) in [7, 11) is 0. The maximum Gasteiger partial charge on any atom is 0.237 e. The molecule has 1 aromatic carbocycles. The number of para-hydroxylation sites is 1. The molecule has 1 atom stereocenters. The van der Waals surface area contributed by atoms with Gasteiger partial charge in [0.05, 0.1) is 31.6 Å². The molecule has 1 aromatic heterocycles. The molecule has 7 nitrogen and oxygen atoms in total. The molecular formula is C20H25N3O4. The average Bonchev–Trinajstić information content (AvgIpc) is 3.18. The maximum absolute atomic E-state index is 12.4. The number of hydrogen-bond acceptors (Lipinski definition) is 5. The molecule has 1 aliphatic heterocycles. The van der Waals surface area contributed by atoms with Crippen LogP contribution in [0.2, 0.25) is 0 Å². The molecule has 0 aliphatic carbocycles. The minimum Gasteiger partial charge on any atom is -0.494 e. The first-order valence-corrected chi connectivity index (χ1v) is 9.17. The number of amides is 2. The van der Waals surface area contributed by atoms with Crippen molar-refractivity contribution in [2.75, 3.05) is 19.7 Å². The molecule has 0 bridgehead atoms. The third-order valence-corrected chi connectivity index (χ3v) is 4.54. The quantitative estimate of drug-likeness (QED) is 0.738. The summed E-state index contributed by atoms with van der Waals surface area (Å²) in [5, 5.41) is 5.69. The molecule has 1 saturated heterocycles. The highest BCUT2D eigenvalue weighted by Gasteiger charge is 2.32. The van der Waals surface area contributed by atoms with E-state index in [1.807, 2.05) is 36.1 Å². The Labute approximate surface area is 158 Å². The second-order valence-electron chi connectivity index (χ2n) is 6.43. The molecule has 2 heterocycles. The number of nitrogens with zero attached hydrogens (tertiary/aromatic N) is 1. The smallest absolute Gasteiger partial charge is 0.237 e. The lowest BCUT2D eigenvalue weighted by molar-refractivity contribution is -0.134. The lowest BCUT2D eigenvalue weighted by Crippen LogP contribution is -2.56. The van der Waals surface area contributed by atoms with Crippen molar-refractivity contribution >= 4 is 11.8 Å². The van der Waals surface area contributed by atoms with Crippen LogP contribution >= 0.6 is 0 Å². The Morgan fingerprint density at radius 1 is 1.37 bits per heavy atom. The topological polar surface area (TPSA) is 83.8 Å². The van der Waals surface area contributed by atoms with Crippen LogP contribution in [0.5, 0.6) is 5.75 Å². The van der Waals surface area contributed by atoms with Gasteiger partial charge in [0, 0.05) is 37.3 Å². The average molecular weight is 371 g/mol. The highest BCUT2D eigenvalue weighted by atomic mass is 16.5. The SMILES string of the molecule is CCOc1ccccc1CN1CCNC(=O)[C@H]1CC(=O)NCc1ccoc1. The van der Waals surface area contributed by atoms with Gasteiger partial charge in [-0.25, -0.2) is 0 Å². The van der Waals surface area contributed by atoms with Gasteiger partial charge >= 0.3 is 0 Å². The van der Waals surface area contributed by atoms with Crippen LogP contribution < -0.4 is 15.4 Å². The van der Waals surface area contributed by atoms with Gasteiger partial charge in [0.15, 0.2) is 0 Å². The predicted molar refractivity (Wildman–Crippen MR) is 100.0 cm³/mol. The van der Waals surface area contributed by atoms with Gasteiger partial charge < -0.3 is 19.8 Å². The number of piperazine rings is 1. The zero-order valence-corrected chi connectivity index (χ0v) is 15.4. The lowest BCUT2D eigenvalue weighted by Gasteiger charge is -2.35. The second-order valence-corrected chi connectivity index (χ2v) is 6.43. The molecule has 0 saturated carbocycles. The van der Waals surface area contributed by atoms with Crippen molar-refractivity contribution < 1.29 is 18.7 Å². The van der Waals surface area contributed by atoms with Gasteiger partial charge in [-0.3, -0.25) is 14.5 Å². The zero-order chi connectivity index (χ0) is 19.1. The van der Waals surface area contributed by atoms with Crippen LogP contribution in [0.4, 0.5) is 0 Å². The van der Waals surface area contributed by atoms with E-state index in [0.717, 1.165) is 16.9 Å². The number of carbonyl (C=O) groups excluding carboxylic acids is 2. The fourth-order valence-electron chi connectivity index (χ4n) is 3.16. The van der Waals surface area contributed by atoms with Gasteiger partial charge in [-0.1, -0.05) is 18.2 Å². The van der Waals surface area contributed by atoms with E-state index < -0.39 is 6.04 Å². The van der Waals surface area contributed by atoms with Crippen molar-refractivity contribution in [3.05, 3.63) is 54.0 Å². The predicted octanol–water partition coefficient (Wildman–Crippen LogP) is 1.69. The van der Waals surface area contributed by atoms with E-state index in [-0.39, 0.29) is 18.2 Å². The van der Waals surface area contributed by atoms with Crippen LogP contribution in [0.25, 0.3) is 0 Å². The minimum atomic E-state index is -0.502. The van der Waals surface area contributed by atoms with Crippen LogP contribution in [0.15, 0.2) is 47.3 Å². The summed E-state index contributed by atoms with van der Waals surface area (Å²) in [5.74, 6) is 0.532. The Morgan fingerprint density at radius 2 is 2.22 bits per heavy atom. The van der Waals surface area contributed by atoms with Gasteiger partial charge in [0.2, 0.25) is 11.8 Å². The summed E-state index contributed by atoms with van der Waals surface area (Å²) in [5.41, 5.74) is 1.90. The van der Waals surface area contributed by atoms with Crippen molar-refractivity contribution in [1.82, 2.24) is 15.5 Å². The Bertz CT molecular complexity index is 760. The third kappa shape index (κ3) is 5.10. The first-order valence-electron chi connectivity index (χ1n) is 9.17. The van der Waals surface area contributed by atoms with E-state index in [1.54, 1.807) is 18.6 Å². The molecule has 27 heavy (non-hydrogen) atoms. The zero-order valence-electron chi connectivity index (χ0n) is 15.4. The fourth-order valence-corrected chi connectivity index (χ4v) is 3.16. The van der Waals surface area contributed by atoms with Gasteiger partial charge in [-0.05, 0) is 19.1 Å². The number of ether oxygens (including phenoxy) is 1. The standard InChI is InChI=1S/C20H25N3O4/c1-2-27-18-6-4-3-5-16(18)13-23-9-8-21-20(25)17(23)11-19(24)22-12-15-7-10-26-14-15/h3-7,10,14,17H,2,8-9,11-13H2,1H3,(H,21,25)(H,22,24)/t17-/m1/s1. The molecule has 7 heteroatoms. The van der Waals surface area contributed by atoms with Crippen molar-refractivity contribution in [2.45, 2.75) is 32.5 Å². The number of benzene rings is 1. The van der Waals surface area contributed by atoms with E-state index in [0.29, 0.717) is 32.8 Å². The molecule has 1 fully saturated rings. The second kappa shape index (κ2) is 9.23. The van der Waals surface area contributed by atoms with Crippen molar-refractivity contribution in [3.8, 4) is 5.75 Å². The van der Waals surface area contributed by atoms with E-state index in [1.165, 1.54) is 0 Å². The summed E-state index contributed by atoms with van der Waals surface area (Å²) in [6, 6.07) is 9.10. The van der Waals surface area contributed by atoms with Gasteiger partial charge in [0.25, 0.3) is 0 Å². The third-order valence-electron chi connectivity index (χ3n) is 4.54. The van der Waals surface area contributed by atoms with Crippen molar-refractivity contribution in [1.29, 1.82) is 0 Å². The summed E-state index contributed by atoms with van der Waals surface area (Å²) < 4.78 is 10.7. The van der Waals surface area contributed by atoms with Crippen LogP contribution in [-0.2, 0) is 22.7 Å². The number of carbonyl (C=O) groups is 2. The first-order chi connectivity index (χ1) is 13.2. The normalized spacial score (nSPS) is 17.4. The van der Waals surface area contributed by atoms with Crippen molar-refractivity contribution in [2.24, 2.45) is 0 Å². The van der Waals surface area contributed by atoms with Crippen LogP contribution in [0, 0.1) is 0 Å². The highest BCUT2D eigenvalue weighted by Crippen LogP contribution is 2.22. The molecule has 144 valence electrons. The van der Waals surface area contributed by atoms with Crippen LogP contribution in [0.1, 0.15) is 24.5 Å². The summed E-state index contributed by atoms with van der Waals surface area (Å²) in [6.07, 6.45) is 3.26. The first kappa shape index (κ1) is 19.0. The minimum absolute atomic E-state index is 0.112. The van der Waals surface area contributed by atoms with Gasteiger partial charge in [0.1, 0.15) is 5.75 Å². The van der Waals surface area contributed by atoms with E-state index in [4.69, 9.17) is 9.15 Å². The molecular weight excluding hydrogens is 346 g/mol. The van der Waals surface area contributed by atoms with E-state index >= 15 is 0 Å². The molecule has 0 radical (unpaired) electrons. The maximum atomic E-state index is 12.4. The summed E-state index contributed by atoms with van der Waals surface area (Å²) in [6.45, 7) is 4.73. The van der Waals surface area contributed by atoms with Crippen molar-refractivity contribution in [3.63, 3.8) is 0 Å². The largest absolute Gasteiger partial charge is 0.494 e. The Morgan fingerprint density at radius 3 is 3.00 bits per heavy atom. The Hall–Kier alpha value is -2.80. The number of hydrogen-bond donors (Lipinski definition) is 2. The highest BCUT2D eigenvalue weighted by molar-refractivity contribution is 5.88. The Kier molecular flexibility index (Phi) is 6.49. The Balaban J connectivity index is 1.64. The van der Waals surface area contributed by atoms with E-state index in [2.05, 4.69) is 10.6 Å². The molecule has 2 amide bonds. The molecule has 0 unspecified atom stereocenters. The number of nitrogens with one attached hydrogen (secondary N) is 2. The van der Waals surface area contributed by atoms with Gasteiger partial charge in [-0.15, -0.1) is 0 Å². The summed E-state index contributed by atoms with van der Waals surface area (Å²) in [4.78, 5) is 26.8.